The van der Waals surface area contributed by atoms with Crippen LogP contribution < -0.4 is 25.0 Å². The number of nitrogens with zero attached hydrogens (tertiary/aromatic N) is 2. The highest BCUT2D eigenvalue weighted by Crippen LogP contribution is 2.32. The number of anilines is 2. The second kappa shape index (κ2) is 8.22. The van der Waals surface area contributed by atoms with Gasteiger partial charge in [0.1, 0.15) is 5.82 Å². The van der Waals surface area contributed by atoms with Crippen LogP contribution in [0.2, 0.25) is 0 Å². The predicted octanol–water partition coefficient (Wildman–Crippen LogP) is 3.78. The number of pyridine rings is 1. The zero-order chi connectivity index (χ0) is 19.5. The smallest absolute Gasteiger partial charge is 0.231 e. The fourth-order valence-electron chi connectivity index (χ4n) is 3.91. The van der Waals surface area contributed by atoms with E-state index < -0.39 is 0 Å². The SMILES string of the molecule is CC1CC(C)CN(c2ccc(NC(=S)NCc3ccc4c(c3)OCO4)cn2)C1. The molecule has 28 heavy (non-hydrogen) atoms. The first kappa shape index (κ1) is 18.8. The van der Waals surface area contributed by atoms with Crippen LogP contribution in [0.5, 0.6) is 11.5 Å². The molecule has 6 nitrogen and oxygen atoms in total. The van der Waals surface area contributed by atoms with Crippen molar-refractivity contribution in [2.24, 2.45) is 11.8 Å². The number of fused-ring (bicyclic) bond motifs is 1. The summed E-state index contributed by atoms with van der Waals surface area (Å²) in [7, 11) is 0. The molecule has 1 fully saturated rings. The van der Waals surface area contributed by atoms with Gasteiger partial charge in [-0.15, -0.1) is 0 Å². The van der Waals surface area contributed by atoms with Gasteiger partial charge in [0.05, 0.1) is 11.9 Å². The van der Waals surface area contributed by atoms with Gasteiger partial charge in [-0.3, -0.25) is 0 Å². The molecule has 0 aliphatic carbocycles. The molecule has 1 saturated heterocycles. The third kappa shape index (κ3) is 4.47. The largest absolute Gasteiger partial charge is 0.454 e. The van der Waals surface area contributed by atoms with Crippen molar-refractivity contribution in [3.63, 3.8) is 0 Å². The summed E-state index contributed by atoms with van der Waals surface area (Å²) >= 11 is 5.41. The maximum absolute atomic E-state index is 5.41. The fraction of sp³-hybridized carbons (Fsp3) is 0.429. The minimum Gasteiger partial charge on any atom is -0.454 e. The molecule has 2 aliphatic heterocycles. The van der Waals surface area contributed by atoms with Gasteiger partial charge in [0.25, 0.3) is 0 Å². The predicted molar refractivity (Wildman–Crippen MR) is 115 cm³/mol. The molecule has 2 atom stereocenters. The number of hydrogen-bond donors (Lipinski definition) is 2. The van der Waals surface area contributed by atoms with Crippen LogP contribution in [0.15, 0.2) is 36.5 Å². The summed E-state index contributed by atoms with van der Waals surface area (Å²) in [5, 5.41) is 6.97. The molecular weight excluding hydrogens is 372 g/mol. The molecule has 148 valence electrons. The maximum Gasteiger partial charge on any atom is 0.231 e. The average molecular weight is 399 g/mol. The van der Waals surface area contributed by atoms with E-state index in [9.17, 15) is 0 Å². The number of thiocarbonyl (C=S) groups is 1. The summed E-state index contributed by atoms with van der Waals surface area (Å²) in [5.41, 5.74) is 1.96. The number of hydrogen-bond acceptors (Lipinski definition) is 5. The van der Waals surface area contributed by atoms with E-state index in [0.29, 0.717) is 23.5 Å². The van der Waals surface area contributed by atoms with Gasteiger partial charge in [-0.05, 0) is 60.3 Å². The van der Waals surface area contributed by atoms with Crippen LogP contribution in [0.3, 0.4) is 0 Å². The second-order valence-corrected chi connectivity index (χ2v) is 8.16. The lowest BCUT2D eigenvalue weighted by molar-refractivity contribution is 0.174. The van der Waals surface area contributed by atoms with Crippen molar-refractivity contribution in [1.29, 1.82) is 0 Å². The molecule has 0 amide bonds. The number of nitrogens with one attached hydrogen (secondary N) is 2. The number of piperidine rings is 1. The van der Waals surface area contributed by atoms with Gasteiger partial charge in [-0.25, -0.2) is 4.98 Å². The van der Waals surface area contributed by atoms with E-state index in [1.54, 1.807) is 0 Å². The van der Waals surface area contributed by atoms with Gasteiger partial charge in [-0.2, -0.15) is 0 Å². The Bertz CT molecular complexity index is 833. The summed E-state index contributed by atoms with van der Waals surface area (Å²) in [6.07, 6.45) is 3.13. The van der Waals surface area contributed by atoms with Crippen molar-refractivity contribution in [2.75, 3.05) is 30.1 Å². The molecule has 0 spiro atoms. The van der Waals surface area contributed by atoms with Crippen molar-refractivity contribution in [2.45, 2.75) is 26.8 Å². The number of aromatic nitrogens is 1. The maximum atomic E-state index is 5.41. The first-order valence-electron chi connectivity index (χ1n) is 9.71. The molecule has 2 aromatic rings. The van der Waals surface area contributed by atoms with Crippen LogP contribution in [-0.4, -0.2) is 30.0 Å². The molecular formula is C21H26N4O2S. The summed E-state index contributed by atoms with van der Waals surface area (Å²) in [6, 6.07) is 9.98. The van der Waals surface area contributed by atoms with E-state index in [0.717, 1.165) is 41.7 Å². The molecule has 4 rings (SSSR count). The van der Waals surface area contributed by atoms with Crippen LogP contribution in [0.1, 0.15) is 25.8 Å². The number of ether oxygens (including phenoxy) is 2. The third-order valence-electron chi connectivity index (χ3n) is 5.09. The highest BCUT2D eigenvalue weighted by atomic mass is 32.1. The molecule has 2 N–H and O–H groups in total. The molecule has 0 saturated carbocycles. The Kier molecular flexibility index (Phi) is 5.52. The lowest BCUT2D eigenvalue weighted by atomic mass is 9.92. The Labute approximate surface area is 171 Å². The van der Waals surface area contributed by atoms with Crippen molar-refractivity contribution in [3.05, 3.63) is 42.1 Å². The normalized spacial score (nSPS) is 20.7. The lowest BCUT2D eigenvalue weighted by Crippen LogP contribution is -2.39. The molecule has 0 radical (unpaired) electrons. The van der Waals surface area contributed by atoms with E-state index in [1.165, 1.54) is 6.42 Å². The molecule has 1 aromatic carbocycles. The zero-order valence-corrected chi connectivity index (χ0v) is 17.1. The van der Waals surface area contributed by atoms with Gasteiger partial charge in [0, 0.05) is 19.6 Å². The first-order chi connectivity index (χ1) is 13.6. The van der Waals surface area contributed by atoms with E-state index in [1.807, 2.05) is 30.5 Å². The average Bonchev–Trinajstić information content (AvgIpc) is 3.14. The van der Waals surface area contributed by atoms with Gasteiger partial charge in [-0.1, -0.05) is 19.9 Å². The number of benzene rings is 1. The topological polar surface area (TPSA) is 58.7 Å². The Balaban J connectivity index is 1.29. The van der Waals surface area contributed by atoms with Gasteiger partial charge in [0.15, 0.2) is 16.6 Å². The van der Waals surface area contributed by atoms with E-state index in [-0.39, 0.29) is 6.79 Å². The van der Waals surface area contributed by atoms with Gasteiger partial charge >= 0.3 is 0 Å². The number of rotatable bonds is 4. The van der Waals surface area contributed by atoms with E-state index in [2.05, 4.69) is 40.4 Å². The Morgan fingerprint density at radius 1 is 1.14 bits per heavy atom. The minimum absolute atomic E-state index is 0.282. The molecule has 1 aromatic heterocycles. The van der Waals surface area contributed by atoms with Crippen LogP contribution >= 0.6 is 12.2 Å². The van der Waals surface area contributed by atoms with E-state index in [4.69, 9.17) is 21.7 Å². The first-order valence-corrected chi connectivity index (χ1v) is 10.1. The Morgan fingerprint density at radius 3 is 2.68 bits per heavy atom. The summed E-state index contributed by atoms with van der Waals surface area (Å²) in [5.74, 6) is 4.00. The van der Waals surface area contributed by atoms with Crippen LogP contribution in [-0.2, 0) is 6.54 Å². The lowest BCUT2D eigenvalue weighted by Gasteiger charge is -2.35. The van der Waals surface area contributed by atoms with Crippen LogP contribution in [0.4, 0.5) is 11.5 Å². The van der Waals surface area contributed by atoms with E-state index >= 15 is 0 Å². The van der Waals surface area contributed by atoms with Crippen molar-refractivity contribution >= 4 is 28.8 Å². The van der Waals surface area contributed by atoms with Crippen LogP contribution in [0, 0.1) is 11.8 Å². The van der Waals surface area contributed by atoms with Crippen LogP contribution in [0.25, 0.3) is 0 Å². The zero-order valence-electron chi connectivity index (χ0n) is 16.3. The third-order valence-corrected chi connectivity index (χ3v) is 5.34. The van der Waals surface area contributed by atoms with Gasteiger partial charge in [0.2, 0.25) is 6.79 Å². The molecule has 7 heteroatoms. The Hall–Kier alpha value is -2.54. The second-order valence-electron chi connectivity index (χ2n) is 7.75. The fourth-order valence-corrected chi connectivity index (χ4v) is 4.10. The monoisotopic (exact) mass is 398 g/mol. The van der Waals surface area contributed by atoms with Gasteiger partial charge < -0.3 is 25.0 Å². The molecule has 3 heterocycles. The standard InChI is InChI=1S/C21H26N4O2S/c1-14-7-15(2)12-25(11-14)20-6-4-17(10-22-20)24-21(28)23-9-16-3-5-18-19(8-16)27-13-26-18/h3-6,8,10,14-15H,7,9,11-13H2,1-2H3,(H2,23,24,28). The van der Waals surface area contributed by atoms with Crippen molar-refractivity contribution in [1.82, 2.24) is 10.3 Å². The summed E-state index contributed by atoms with van der Waals surface area (Å²) < 4.78 is 10.7. The Morgan fingerprint density at radius 2 is 1.93 bits per heavy atom. The summed E-state index contributed by atoms with van der Waals surface area (Å²) in [4.78, 5) is 7.00. The quantitative estimate of drug-likeness (QED) is 0.760. The molecule has 2 aliphatic rings. The molecule has 2 unspecified atom stereocenters. The summed E-state index contributed by atoms with van der Waals surface area (Å²) in [6.45, 7) is 7.65. The minimum atomic E-state index is 0.282. The highest BCUT2D eigenvalue weighted by molar-refractivity contribution is 7.80. The van der Waals surface area contributed by atoms with Crippen molar-refractivity contribution in [3.8, 4) is 11.5 Å². The van der Waals surface area contributed by atoms with Crippen molar-refractivity contribution < 1.29 is 9.47 Å². The molecule has 0 bridgehead atoms. The highest BCUT2D eigenvalue weighted by Gasteiger charge is 2.22.